The highest BCUT2D eigenvalue weighted by molar-refractivity contribution is 6.04. The molecule has 3 amide bonds. The molecule has 1 unspecified atom stereocenters. The van der Waals surface area contributed by atoms with Crippen LogP contribution in [0, 0.1) is 0 Å². The van der Waals surface area contributed by atoms with Gasteiger partial charge >= 0.3 is 12.0 Å². The summed E-state index contributed by atoms with van der Waals surface area (Å²) in [6.07, 6.45) is 1.90. The summed E-state index contributed by atoms with van der Waals surface area (Å²) in [4.78, 5) is 35.8. The van der Waals surface area contributed by atoms with Crippen LogP contribution in [-0.4, -0.2) is 34.5 Å². The van der Waals surface area contributed by atoms with E-state index in [1.54, 1.807) is 0 Å². The van der Waals surface area contributed by atoms with Gasteiger partial charge in [-0.3, -0.25) is 14.5 Å². The second kappa shape index (κ2) is 7.06. The van der Waals surface area contributed by atoms with E-state index < -0.39 is 18.0 Å². The molecular weight excluding hydrogens is 284 g/mol. The van der Waals surface area contributed by atoms with Crippen LogP contribution < -0.4 is 5.32 Å². The van der Waals surface area contributed by atoms with Gasteiger partial charge in [0.15, 0.2) is 0 Å². The SMILES string of the molecule is CCc1ccc(C2NC(=O)N(CCCCC(=O)O)C2=O)cc1. The summed E-state index contributed by atoms with van der Waals surface area (Å²) >= 11 is 0. The lowest BCUT2D eigenvalue weighted by Crippen LogP contribution is -2.31. The highest BCUT2D eigenvalue weighted by atomic mass is 16.4. The van der Waals surface area contributed by atoms with Crippen LogP contribution in [0.25, 0.3) is 0 Å². The number of hydrogen-bond acceptors (Lipinski definition) is 3. The normalized spacial score (nSPS) is 17.7. The van der Waals surface area contributed by atoms with Gasteiger partial charge in [0, 0.05) is 13.0 Å². The molecule has 0 aliphatic carbocycles. The van der Waals surface area contributed by atoms with Crippen LogP contribution in [0.2, 0.25) is 0 Å². The van der Waals surface area contributed by atoms with Crippen molar-refractivity contribution in [3.05, 3.63) is 35.4 Å². The highest BCUT2D eigenvalue weighted by Gasteiger charge is 2.38. The average molecular weight is 304 g/mol. The number of carbonyl (C=O) groups excluding carboxylic acids is 2. The molecule has 1 aliphatic rings. The van der Waals surface area contributed by atoms with Crippen LogP contribution in [-0.2, 0) is 16.0 Å². The first-order valence-corrected chi connectivity index (χ1v) is 7.45. The molecule has 2 rings (SSSR count). The molecule has 0 aromatic heterocycles. The molecule has 1 fully saturated rings. The molecule has 1 aliphatic heterocycles. The van der Waals surface area contributed by atoms with Gasteiger partial charge in [0.25, 0.3) is 5.91 Å². The first kappa shape index (κ1) is 16.0. The number of carbonyl (C=O) groups is 3. The van der Waals surface area contributed by atoms with Crippen molar-refractivity contribution in [1.29, 1.82) is 0 Å². The largest absolute Gasteiger partial charge is 0.481 e. The predicted molar refractivity (Wildman–Crippen MR) is 80.3 cm³/mol. The lowest BCUT2D eigenvalue weighted by atomic mass is 10.0. The first-order valence-electron chi connectivity index (χ1n) is 7.45. The molecule has 6 nitrogen and oxygen atoms in total. The zero-order valence-corrected chi connectivity index (χ0v) is 12.5. The lowest BCUT2D eigenvalue weighted by Gasteiger charge is -2.12. The molecule has 1 atom stereocenters. The second-order valence-corrected chi connectivity index (χ2v) is 5.32. The van der Waals surface area contributed by atoms with E-state index in [0.29, 0.717) is 12.8 Å². The molecule has 0 saturated carbocycles. The molecule has 1 aromatic carbocycles. The lowest BCUT2D eigenvalue weighted by molar-refractivity contribution is -0.137. The number of aliphatic carboxylic acids is 1. The summed E-state index contributed by atoms with van der Waals surface area (Å²) in [6.45, 7) is 2.30. The summed E-state index contributed by atoms with van der Waals surface area (Å²) < 4.78 is 0. The quantitative estimate of drug-likeness (QED) is 0.596. The molecule has 1 heterocycles. The zero-order valence-electron chi connectivity index (χ0n) is 12.5. The molecule has 0 radical (unpaired) electrons. The number of amides is 3. The van der Waals surface area contributed by atoms with Crippen LogP contribution in [0.1, 0.15) is 43.4 Å². The number of carboxylic acids is 1. The van der Waals surface area contributed by atoms with Crippen LogP contribution in [0.15, 0.2) is 24.3 Å². The third kappa shape index (κ3) is 3.63. The molecule has 1 saturated heterocycles. The van der Waals surface area contributed by atoms with E-state index >= 15 is 0 Å². The van der Waals surface area contributed by atoms with E-state index in [0.717, 1.165) is 12.0 Å². The van der Waals surface area contributed by atoms with Crippen molar-refractivity contribution >= 4 is 17.9 Å². The number of rotatable bonds is 7. The fourth-order valence-corrected chi connectivity index (χ4v) is 2.45. The number of benzene rings is 1. The highest BCUT2D eigenvalue weighted by Crippen LogP contribution is 2.22. The van der Waals surface area contributed by atoms with E-state index in [9.17, 15) is 14.4 Å². The minimum Gasteiger partial charge on any atom is -0.481 e. The van der Waals surface area contributed by atoms with Gasteiger partial charge < -0.3 is 10.4 Å². The molecular formula is C16H20N2O4. The van der Waals surface area contributed by atoms with Gasteiger partial charge in [-0.05, 0) is 30.4 Å². The number of nitrogens with zero attached hydrogens (tertiary/aromatic N) is 1. The maximum Gasteiger partial charge on any atom is 0.325 e. The van der Waals surface area contributed by atoms with E-state index in [1.165, 1.54) is 10.5 Å². The van der Waals surface area contributed by atoms with Crippen molar-refractivity contribution in [3.63, 3.8) is 0 Å². The Morgan fingerprint density at radius 3 is 2.50 bits per heavy atom. The first-order chi connectivity index (χ1) is 10.5. The monoisotopic (exact) mass is 304 g/mol. The molecule has 0 bridgehead atoms. The Morgan fingerprint density at radius 2 is 1.91 bits per heavy atom. The maximum absolute atomic E-state index is 12.3. The molecule has 0 spiro atoms. The molecule has 22 heavy (non-hydrogen) atoms. The summed E-state index contributed by atoms with van der Waals surface area (Å²) in [5.74, 6) is -1.14. The number of aryl methyl sites for hydroxylation is 1. The van der Waals surface area contributed by atoms with Crippen LogP contribution in [0.5, 0.6) is 0 Å². The summed E-state index contributed by atoms with van der Waals surface area (Å²) in [7, 11) is 0. The van der Waals surface area contributed by atoms with Crippen LogP contribution >= 0.6 is 0 Å². The topological polar surface area (TPSA) is 86.7 Å². The van der Waals surface area contributed by atoms with E-state index in [4.69, 9.17) is 5.11 Å². The van der Waals surface area contributed by atoms with Gasteiger partial charge in [-0.15, -0.1) is 0 Å². The third-order valence-electron chi connectivity index (χ3n) is 3.77. The fraction of sp³-hybridized carbons (Fsp3) is 0.438. The van der Waals surface area contributed by atoms with Gasteiger partial charge in [-0.2, -0.15) is 0 Å². The number of imide groups is 1. The van der Waals surface area contributed by atoms with Gasteiger partial charge in [0.05, 0.1) is 0 Å². The van der Waals surface area contributed by atoms with E-state index in [-0.39, 0.29) is 18.9 Å². The number of carboxylic acid groups (broad SMARTS) is 1. The van der Waals surface area contributed by atoms with Crippen molar-refractivity contribution in [2.45, 2.75) is 38.6 Å². The minimum absolute atomic E-state index is 0.0472. The van der Waals surface area contributed by atoms with Crippen molar-refractivity contribution in [2.75, 3.05) is 6.54 Å². The van der Waals surface area contributed by atoms with Crippen molar-refractivity contribution in [2.24, 2.45) is 0 Å². The summed E-state index contributed by atoms with van der Waals surface area (Å²) in [5, 5.41) is 11.3. The number of urea groups is 1. The van der Waals surface area contributed by atoms with Gasteiger partial charge in [0.2, 0.25) is 0 Å². The van der Waals surface area contributed by atoms with Crippen LogP contribution in [0.3, 0.4) is 0 Å². The van der Waals surface area contributed by atoms with Crippen molar-refractivity contribution < 1.29 is 19.5 Å². The molecule has 2 N–H and O–H groups in total. The number of hydrogen-bond donors (Lipinski definition) is 2. The van der Waals surface area contributed by atoms with Gasteiger partial charge in [-0.25, -0.2) is 4.79 Å². The third-order valence-corrected chi connectivity index (χ3v) is 3.77. The Hall–Kier alpha value is -2.37. The Bertz CT molecular complexity index is 568. The predicted octanol–water partition coefficient (Wildman–Crippen LogP) is 2.10. The Kier molecular flexibility index (Phi) is 5.14. The zero-order chi connectivity index (χ0) is 16.1. The van der Waals surface area contributed by atoms with Crippen molar-refractivity contribution in [3.8, 4) is 0 Å². The summed E-state index contributed by atoms with van der Waals surface area (Å²) in [5.41, 5.74) is 1.94. The Balaban J connectivity index is 1.96. The standard InChI is InChI=1S/C16H20N2O4/c1-2-11-6-8-12(9-7-11)14-15(21)18(16(22)17-14)10-4-3-5-13(19)20/h6-9,14H,2-5,10H2,1H3,(H,17,22)(H,19,20). The number of nitrogens with one attached hydrogen (secondary N) is 1. The minimum atomic E-state index is -0.869. The summed E-state index contributed by atoms with van der Waals surface area (Å²) in [6, 6.07) is 6.56. The molecule has 1 aromatic rings. The van der Waals surface area contributed by atoms with Gasteiger partial charge in [0.1, 0.15) is 6.04 Å². The number of unbranched alkanes of at least 4 members (excludes halogenated alkanes) is 1. The van der Waals surface area contributed by atoms with Crippen molar-refractivity contribution in [1.82, 2.24) is 10.2 Å². The fourth-order valence-electron chi connectivity index (χ4n) is 2.45. The van der Waals surface area contributed by atoms with E-state index in [2.05, 4.69) is 12.2 Å². The molecule has 6 heteroatoms. The Morgan fingerprint density at radius 1 is 1.23 bits per heavy atom. The van der Waals surface area contributed by atoms with Gasteiger partial charge in [-0.1, -0.05) is 31.2 Å². The maximum atomic E-state index is 12.3. The average Bonchev–Trinajstić information content (AvgIpc) is 2.79. The smallest absolute Gasteiger partial charge is 0.325 e. The second-order valence-electron chi connectivity index (χ2n) is 5.32. The molecule has 118 valence electrons. The van der Waals surface area contributed by atoms with E-state index in [1.807, 2.05) is 24.3 Å². The van der Waals surface area contributed by atoms with Crippen LogP contribution in [0.4, 0.5) is 4.79 Å². The Labute approximate surface area is 129 Å².